The molecule has 2 aliphatic rings. The minimum atomic E-state index is -4.62. The van der Waals surface area contributed by atoms with Crippen LogP contribution in [-0.2, 0) is 17.5 Å². The number of halogens is 4. The number of carbonyl (C=O) groups excluding carboxylic acids is 1. The molecule has 1 amide bonds. The molecule has 2 fully saturated rings. The molecule has 2 aliphatic heterocycles. The van der Waals surface area contributed by atoms with Gasteiger partial charge in [0.1, 0.15) is 23.0 Å². The Bertz CT molecular complexity index is 1850. The molecule has 6 rings (SSSR count). The van der Waals surface area contributed by atoms with Crippen LogP contribution in [-0.4, -0.2) is 63.0 Å². The topological polar surface area (TPSA) is 81.8 Å². The van der Waals surface area contributed by atoms with E-state index in [0.29, 0.717) is 56.6 Å². The maximum absolute atomic E-state index is 14.9. The van der Waals surface area contributed by atoms with Gasteiger partial charge in [0, 0.05) is 45.2 Å². The monoisotopic (exact) mass is 669 g/mol. The number of aromatic nitrogens is 3. The fourth-order valence-corrected chi connectivity index (χ4v) is 6.71. The van der Waals surface area contributed by atoms with Gasteiger partial charge in [-0.1, -0.05) is 30.3 Å². The molecule has 0 radical (unpaired) electrons. The van der Waals surface area contributed by atoms with Crippen LogP contribution in [0.3, 0.4) is 0 Å². The second-order valence-electron chi connectivity index (χ2n) is 13.5. The lowest BCUT2D eigenvalue weighted by atomic mass is 10.1. The van der Waals surface area contributed by atoms with Gasteiger partial charge < -0.3 is 19.3 Å². The number of fused-ring (bicyclic) bond motifs is 1. The molecule has 4 aromatic rings. The Labute approximate surface area is 275 Å². The Kier molecular flexibility index (Phi) is 8.90. The number of likely N-dealkylation sites (tertiary alicyclic amines) is 1. The molecule has 0 N–H and O–H groups in total. The lowest BCUT2D eigenvalue weighted by molar-refractivity contribution is -0.138. The molecule has 4 heterocycles. The van der Waals surface area contributed by atoms with Gasteiger partial charge in [0.15, 0.2) is 0 Å². The highest BCUT2D eigenvalue weighted by atomic mass is 19.4. The van der Waals surface area contributed by atoms with Crippen molar-refractivity contribution in [2.75, 3.05) is 31.1 Å². The number of piperidine rings is 1. The minimum absolute atomic E-state index is 0.0679. The third-order valence-corrected chi connectivity index (χ3v) is 8.89. The second kappa shape index (κ2) is 12.8. The molecule has 13 heteroatoms. The molecule has 0 aliphatic carbocycles. The number of benzene rings is 2. The smallest absolute Gasteiger partial charge is 0.416 e. The third kappa shape index (κ3) is 6.72. The molecule has 1 atom stereocenters. The van der Waals surface area contributed by atoms with Crippen LogP contribution in [0, 0.1) is 12.7 Å². The Hall–Kier alpha value is -4.55. The number of rotatable bonds is 6. The Morgan fingerprint density at radius 1 is 0.979 bits per heavy atom. The van der Waals surface area contributed by atoms with E-state index in [1.165, 1.54) is 35.0 Å². The third-order valence-electron chi connectivity index (χ3n) is 8.89. The van der Waals surface area contributed by atoms with Crippen LogP contribution in [0.5, 0.6) is 5.88 Å². The molecular formula is C35H39F4N5O4. The van der Waals surface area contributed by atoms with Gasteiger partial charge in [0.05, 0.1) is 29.4 Å². The number of imidazole rings is 1. The van der Waals surface area contributed by atoms with Crippen LogP contribution in [0.1, 0.15) is 62.8 Å². The average Bonchev–Trinajstić information content (AvgIpc) is 3.59. The molecule has 0 unspecified atom stereocenters. The van der Waals surface area contributed by atoms with E-state index >= 15 is 0 Å². The van der Waals surface area contributed by atoms with Gasteiger partial charge in [0.2, 0.25) is 5.88 Å². The first-order chi connectivity index (χ1) is 22.7. The van der Waals surface area contributed by atoms with Crippen LogP contribution >= 0.6 is 0 Å². The zero-order valence-corrected chi connectivity index (χ0v) is 27.4. The summed E-state index contributed by atoms with van der Waals surface area (Å²) in [7, 11) is 0. The average molecular weight is 670 g/mol. The molecule has 2 saturated heterocycles. The Morgan fingerprint density at radius 3 is 2.40 bits per heavy atom. The highest BCUT2D eigenvalue weighted by Crippen LogP contribution is 2.36. The van der Waals surface area contributed by atoms with Gasteiger partial charge in [-0.15, -0.1) is 0 Å². The number of nitrogens with zero attached hydrogens (tertiary/aromatic N) is 5. The van der Waals surface area contributed by atoms with E-state index in [-0.39, 0.29) is 41.5 Å². The number of pyridine rings is 1. The minimum Gasteiger partial charge on any atom is -0.473 e. The summed E-state index contributed by atoms with van der Waals surface area (Å²) in [6.07, 6.45) is -2.41. The maximum Gasteiger partial charge on any atom is 0.416 e. The van der Waals surface area contributed by atoms with Crippen LogP contribution in [0.4, 0.5) is 28.0 Å². The largest absolute Gasteiger partial charge is 0.473 e. The zero-order chi connectivity index (χ0) is 34.4. The summed E-state index contributed by atoms with van der Waals surface area (Å²) in [5, 5.41) is 0. The van der Waals surface area contributed by atoms with E-state index < -0.39 is 29.1 Å². The number of hydrogen-bond donors (Lipinski definition) is 0. The predicted octanol–water partition coefficient (Wildman–Crippen LogP) is 6.94. The summed E-state index contributed by atoms with van der Waals surface area (Å²) < 4.78 is 71.8. The van der Waals surface area contributed by atoms with Crippen molar-refractivity contribution < 1.29 is 31.8 Å². The molecule has 256 valence electrons. The van der Waals surface area contributed by atoms with Crippen molar-refractivity contribution in [2.24, 2.45) is 0 Å². The van der Waals surface area contributed by atoms with E-state index in [2.05, 4.69) is 4.98 Å². The van der Waals surface area contributed by atoms with Gasteiger partial charge in [0.25, 0.3) is 0 Å². The van der Waals surface area contributed by atoms with Crippen molar-refractivity contribution in [3.05, 3.63) is 87.7 Å². The van der Waals surface area contributed by atoms with Gasteiger partial charge in [-0.05, 0) is 63.4 Å². The second-order valence-corrected chi connectivity index (χ2v) is 13.5. The first-order valence-corrected chi connectivity index (χ1v) is 16.1. The van der Waals surface area contributed by atoms with E-state index in [0.717, 1.165) is 11.6 Å². The van der Waals surface area contributed by atoms with E-state index in [9.17, 15) is 27.2 Å². The molecule has 2 aromatic heterocycles. The van der Waals surface area contributed by atoms with Gasteiger partial charge >= 0.3 is 18.0 Å². The van der Waals surface area contributed by atoms with Crippen LogP contribution in [0.2, 0.25) is 0 Å². The Morgan fingerprint density at radius 2 is 1.71 bits per heavy atom. The van der Waals surface area contributed by atoms with Crippen molar-refractivity contribution in [1.29, 1.82) is 0 Å². The number of aryl methyl sites for hydroxylation is 1. The fourth-order valence-electron chi connectivity index (χ4n) is 6.71. The first kappa shape index (κ1) is 33.4. The number of amides is 1. The van der Waals surface area contributed by atoms with Gasteiger partial charge in [-0.2, -0.15) is 13.2 Å². The lowest BCUT2D eigenvalue weighted by Gasteiger charge is -2.33. The summed E-state index contributed by atoms with van der Waals surface area (Å²) >= 11 is 0. The van der Waals surface area contributed by atoms with Crippen molar-refractivity contribution >= 4 is 22.8 Å². The molecule has 2 aromatic carbocycles. The number of ether oxygens (including phenoxy) is 2. The van der Waals surface area contributed by atoms with E-state index in [4.69, 9.17) is 9.47 Å². The number of para-hydroxylation sites is 1. The predicted molar refractivity (Wildman–Crippen MR) is 173 cm³/mol. The van der Waals surface area contributed by atoms with E-state index in [1.54, 1.807) is 42.4 Å². The molecule has 0 saturated carbocycles. The van der Waals surface area contributed by atoms with Crippen molar-refractivity contribution in [2.45, 2.75) is 77.4 Å². The SMILES string of the molecule is Cc1cccc(F)c1N1CC[C@@H](n2c(=O)n(Cc3ccccc3C(F)(F)F)c3c(OC4CCN(C(=O)OC(C)(C)C)CC4)nccc32)C1. The first-order valence-electron chi connectivity index (χ1n) is 16.1. The molecule has 0 bridgehead atoms. The molecular weight excluding hydrogens is 630 g/mol. The van der Waals surface area contributed by atoms with Gasteiger partial charge in [-0.3, -0.25) is 9.13 Å². The normalized spacial score (nSPS) is 17.7. The van der Waals surface area contributed by atoms with Crippen molar-refractivity contribution in [3.63, 3.8) is 0 Å². The highest BCUT2D eigenvalue weighted by Gasteiger charge is 2.35. The number of anilines is 1. The highest BCUT2D eigenvalue weighted by molar-refractivity contribution is 5.81. The zero-order valence-electron chi connectivity index (χ0n) is 27.4. The van der Waals surface area contributed by atoms with Crippen molar-refractivity contribution in [3.8, 4) is 5.88 Å². The number of alkyl halides is 3. The number of hydrogen-bond acceptors (Lipinski definition) is 6. The summed E-state index contributed by atoms with van der Waals surface area (Å²) in [4.78, 5) is 34.9. The summed E-state index contributed by atoms with van der Waals surface area (Å²) in [5.74, 6) is -0.227. The fraction of sp³-hybridized carbons (Fsp3) is 0.457. The quantitative estimate of drug-likeness (QED) is 0.207. The molecule has 0 spiro atoms. The maximum atomic E-state index is 14.9. The van der Waals surface area contributed by atoms with Crippen molar-refractivity contribution in [1.82, 2.24) is 19.0 Å². The molecule has 9 nitrogen and oxygen atoms in total. The van der Waals surface area contributed by atoms with Crippen LogP contribution in [0.15, 0.2) is 59.5 Å². The van der Waals surface area contributed by atoms with Gasteiger partial charge in [-0.25, -0.2) is 19.0 Å². The van der Waals surface area contributed by atoms with E-state index in [1.807, 2.05) is 17.9 Å². The summed E-state index contributed by atoms with van der Waals surface area (Å²) in [5.41, 5.74) is -0.0341. The lowest BCUT2D eigenvalue weighted by Crippen LogP contribution is -2.44. The van der Waals surface area contributed by atoms with Crippen LogP contribution in [0.25, 0.3) is 11.0 Å². The van der Waals surface area contributed by atoms with Crippen LogP contribution < -0.4 is 15.3 Å². The number of carbonyl (C=O) groups is 1. The summed E-state index contributed by atoms with van der Waals surface area (Å²) in [6, 6.07) is 11.3. The Balaban J connectivity index is 1.36. The molecule has 48 heavy (non-hydrogen) atoms. The standard InChI is InChI=1S/C35H39F4N5O4/c1-22-8-7-11-27(36)29(22)42-17-13-24(21-42)44-28-12-16-40-31(47-25-14-18-41(19-15-25)33(46)48-34(2,3)4)30(28)43(32(44)45)20-23-9-5-6-10-26(23)35(37,38)39/h5-12,16,24-25H,13-15,17-21H2,1-4H3/t24-/m1/s1. The summed E-state index contributed by atoms with van der Waals surface area (Å²) in [6.45, 7) is 8.47.